The number of rotatable bonds is 5. The molecule has 70 valence electrons. The van der Waals surface area contributed by atoms with Gasteiger partial charge in [-0.1, -0.05) is 6.92 Å². The van der Waals surface area contributed by atoms with Gasteiger partial charge < -0.3 is 4.42 Å². The van der Waals surface area contributed by atoms with Crippen molar-refractivity contribution >= 4 is 11.6 Å². The van der Waals surface area contributed by atoms with E-state index in [0.29, 0.717) is 6.42 Å². The van der Waals surface area contributed by atoms with E-state index in [0.717, 1.165) is 6.42 Å². The molecule has 0 unspecified atom stereocenters. The zero-order chi connectivity index (χ0) is 9.68. The summed E-state index contributed by atoms with van der Waals surface area (Å²) in [5.41, 5.74) is 0. The Bertz CT molecular complexity index is 285. The van der Waals surface area contributed by atoms with Crippen LogP contribution in [0.25, 0.3) is 0 Å². The number of carbonyl (C=O) groups is 2. The van der Waals surface area contributed by atoms with E-state index in [9.17, 15) is 9.59 Å². The molecule has 0 bridgehead atoms. The zero-order valence-electron chi connectivity index (χ0n) is 7.58. The van der Waals surface area contributed by atoms with E-state index < -0.39 is 0 Å². The number of ketones is 2. The quantitative estimate of drug-likeness (QED) is 0.515. The summed E-state index contributed by atoms with van der Waals surface area (Å²) < 4.78 is 4.87. The Balaban J connectivity index is 2.47. The maximum absolute atomic E-state index is 11.3. The highest BCUT2D eigenvalue weighted by Crippen LogP contribution is 2.06. The van der Waals surface area contributed by atoms with Gasteiger partial charge in [-0.25, -0.2) is 0 Å². The monoisotopic (exact) mass is 180 g/mol. The van der Waals surface area contributed by atoms with Crippen LogP contribution in [0.2, 0.25) is 0 Å². The molecule has 1 rings (SSSR count). The Kier molecular flexibility index (Phi) is 3.43. The minimum atomic E-state index is -0.233. The standard InChI is InChI=1S/C10H12O3/c1-2-4-8(11)7-9(12)10-5-3-6-13-10/h3,5-6H,2,4,7H2,1H3. The predicted octanol–water partition coefficient (Wildman–Crippen LogP) is 2.22. The zero-order valence-corrected chi connectivity index (χ0v) is 7.58. The SMILES string of the molecule is CCCC(=O)CC(=O)c1ccco1. The van der Waals surface area contributed by atoms with E-state index in [-0.39, 0.29) is 23.7 Å². The molecule has 0 radical (unpaired) electrons. The summed E-state index contributed by atoms with van der Waals surface area (Å²) >= 11 is 0. The lowest BCUT2D eigenvalue weighted by Gasteiger charge is -1.95. The van der Waals surface area contributed by atoms with Gasteiger partial charge in [-0.05, 0) is 18.6 Å². The lowest BCUT2D eigenvalue weighted by Crippen LogP contribution is -2.06. The van der Waals surface area contributed by atoms with Crippen molar-refractivity contribution in [3.63, 3.8) is 0 Å². The van der Waals surface area contributed by atoms with Gasteiger partial charge in [0.1, 0.15) is 5.78 Å². The van der Waals surface area contributed by atoms with Crippen molar-refractivity contribution in [1.29, 1.82) is 0 Å². The van der Waals surface area contributed by atoms with Crippen LogP contribution < -0.4 is 0 Å². The number of hydrogen-bond donors (Lipinski definition) is 0. The van der Waals surface area contributed by atoms with Gasteiger partial charge in [0.15, 0.2) is 5.76 Å². The van der Waals surface area contributed by atoms with Crippen molar-refractivity contribution in [2.24, 2.45) is 0 Å². The van der Waals surface area contributed by atoms with Crippen molar-refractivity contribution in [3.8, 4) is 0 Å². The molecule has 0 saturated heterocycles. The molecule has 13 heavy (non-hydrogen) atoms. The molecular weight excluding hydrogens is 168 g/mol. The fourth-order valence-electron chi connectivity index (χ4n) is 1.07. The van der Waals surface area contributed by atoms with Gasteiger partial charge in [-0.3, -0.25) is 9.59 Å². The van der Waals surface area contributed by atoms with Crippen LogP contribution in [0.15, 0.2) is 22.8 Å². The Morgan fingerprint density at radius 1 is 1.46 bits per heavy atom. The number of hydrogen-bond acceptors (Lipinski definition) is 3. The molecule has 0 aliphatic carbocycles. The first kappa shape index (κ1) is 9.71. The Labute approximate surface area is 76.7 Å². The first-order valence-corrected chi connectivity index (χ1v) is 4.32. The molecule has 1 aromatic heterocycles. The average Bonchev–Trinajstić information content (AvgIpc) is 2.55. The summed E-state index contributed by atoms with van der Waals surface area (Å²) in [5, 5.41) is 0. The summed E-state index contributed by atoms with van der Waals surface area (Å²) in [6, 6.07) is 3.21. The summed E-state index contributed by atoms with van der Waals surface area (Å²) in [6.45, 7) is 1.91. The molecule has 3 nitrogen and oxygen atoms in total. The summed E-state index contributed by atoms with van der Waals surface area (Å²) in [4.78, 5) is 22.4. The third-order valence-corrected chi connectivity index (χ3v) is 1.68. The lowest BCUT2D eigenvalue weighted by molar-refractivity contribution is -0.118. The van der Waals surface area contributed by atoms with Crippen LogP contribution in [0.4, 0.5) is 0 Å². The maximum Gasteiger partial charge on any atom is 0.205 e. The van der Waals surface area contributed by atoms with E-state index in [2.05, 4.69) is 0 Å². The van der Waals surface area contributed by atoms with Crippen molar-refractivity contribution < 1.29 is 14.0 Å². The third kappa shape index (κ3) is 2.86. The smallest absolute Gasteiger partial charge is 0.205 e. The van der Waals surface area contributed by atoms with E-state index in [4.69, 9.17) is 4.42 Å². The Morgan fingerprint density at radius 2 is 2.23 bits per heavy atom. The molecule has 0 atom stereocenters. The van der Waals surface area contributed by atoms with Gasteiger partial charge in [0.2, 0.25) is 5.78 Å². The maximum atomic E-state index is 11.3. The number of furan rings is 1. The molecule has 0 fully saturated rings. The minimum Gasteiger partial charge on any atom is -0.461 e. The third-order valence-electron chi connectivity index (χ3n) is 1.68. The van der Waals surface area contributed by atoms with E-state index in [1.54, 1.807) is 12.1 Å². The highest BCUT2D eigenvalue weighted by molar-refractivity contribution is 6.06. The van der Waals surface area contributed by atoms with Gasteiger partial charge in [-0.15, -0.1) is 0 Å². The van der Waals surface area contributed by atoms with Crippen molar-refractivity contribution in [1.82, 2.24) is 0 Å². The molecule has 0 aromatic carbocycles. The number of carbonyl (C=O) groups excluding carboxylic acids is 2. The van der Waals surface area contributed by atoms with Gasteiger partial charge in [-0.2, -0.15) is 0 Å². The second kappa shape index (κ2) is 4.60. The van der Waals surface area contributed by atoms with Crippen molar-refractivity contribution in [2.45, 2.75) is 26.2 Å². The van der Waals surface area contributed by atoms with Gasteiger partial charge in [0.25, 0.3) is 0 Å². The Morgan fingerprint density at radius 3 is 2.77 bits per heavy atom. The van der Waals surface area contributed by atoms with Crippen LogP contribution in [0.1, 0.15) is 36.7 Å². The molecule has 0 N–H and O–H groups in total. The largest absolute Gasteiger partial charge is 0.461 e. The first-order chi connectivity index (χ1) is 6.24. The molecule has 1 aromatic rings. The topological polar surface area (TPSA) is 47.3 Å². The molecule has 0 aliphatic heterocycles. The van der Waals surface area contributed by atoms with E-state index in [1.807, 2.05) is 6.92 Å². The summed E-state index contributed by atoms with van der Waals surface area (Å²) in [5.74, 6) is 0.0109. The molecule has 3 heteroatoms. The van der Waals surface area contributed by atoms with Crippen LogP contribution in [0.5, 0.6) is 0 Å². The average molecular weight is 180 g/mol. The van der Waals surface area contributed by atoms with E-state index in [1.165, 1.54) is 6.26 Å². The van der Waals surface area contributed by atoms with Crippen LogP contribution in [-0.4, -0.2) is 11.6 Å². The van der Waals surface area contributed by atoms with Gasteiger partial charge >= 0.3 is 0 Å². The van der Waals surface area contributed by atoms with Crippen LogP contribution in [0.3, 0.4) is 0 Å². The lowest BCUT2D eigenvalue weighted by atomic mass is 10.1. The van der Waals surface area contributed by atoms with Crippen LogP contribution in [-0.2, 0) is 4.79 Å². The fourth-order valence-corrected chi connectivity index (χ4v) is 1.07. The molecule has 1 heterocycles. The summed E-state index contributed by atoms with van der Waals surface area (Å²) in [7, 11) is 0. The van der Waals surface area contributed by atoms with Gasteiger partial charge in [0.05, 0.1) is 12.7 Å². The number of Topliss-reactive ketones (excluding diaryl/α,β-unsaturated/α-hetero) is 2. The first-order valence-electron chi connectivity index (χ1n) is 4.32. The predicted molar refractivity (Wildman–Crippen MR) is 47.6 cm³/mol. The second-order valence-corrected chi connectivity index (χ2v) is 2.87. The second-order valence-electron chi connectivity index (χ2n) is 2.87. The minimum absolute atomic E-state index is 0.0242. The molecule has 0 amide bonds. The van der Waals surface area contributed by atoms with Crippen molar-refractivity contribution in [2.75, 3.05) is 0 Å². The highest BCUT2D eigenvalue weighted by atomic mass is 16.3. The highest BCUT2D eigenvalue weighted by Gasteiger charge is 2.12. The molecule has 0 spiro atoms. The fraction of sp³-hybridized carbons (Fsp3) is 0.400. The molecule has 0 saturated carbocycles. The van der Waals surface area contributed by atoms with E-state index >= 15 is 0 Å². The Hall–Kier alpha value is -1.38. The molecular formula is C10H12O3. The van der Waals surface area contributed by atoms with Crippen LogP contribution in [0, 0.1) is 0 Å². The normalized spacial score (nSPS) is 9.92. The molecule has 0 aliphatic rings. The van der Waals surface area contributed by atoms with Crippen LogP contribution >= 0.6 is 0 Å². The van der Waals surface area contributed by atoms with Gasteiger partial charge in [0, 0.05) is 6.42 Å². The van der Waals surface area contributed by atoms with Crippen molar-refractivity contribution in [3.05, 3.63) is 24.2 Å². The summed E-state index contributed by atoms with van der Waals surface area (Å²) in [6.07, 6.45) is 2.63.